The topological polar surface area (TPSA) is 93.1 Å². The van der Waals surface area contributed by atoms with Crippen LogP contribution in [0.3, 0.4) is 0 Å². The van der Waals surface area contributed by atoms with E-state index < -0.39 is 27.7 Å². The van der Waals surface area contributed by atoms with E-state index in [1.165, 1.54) is 11.4 Å². The van der Waals surface area contributed by atoms with E-state index in [0.717, 1.165) is 0 Å². The molecular formula is C27H31NO6S. The van der Waals surface area contributed by atoms with Crippen molar-refractivity contribution in [1.29, 1.82) is 0 Å². The molecule has 1 atom stereocenters. The van der Waals surface area contributed by atoms with E-state index in [-0.39, 0.29) is 18.0 Å². The second-order valence-corrected chi connectivity index (χ2v) is 9.90. The molecule has 0 radical (unpaired) electrons. The minimum Gasteiger partial charge on any atom is -0.467 e. The van der Waals surface area contributed by atoms with Gasteiger partial charge >= 0.3 is 5.97 Å². The number of hydrogen-bond donors (Lipinski definition) is 1. The van der Waals surface area contributed by atoms with Crippen molar-refractivity contribution in [2.45, 2.75) is 29.9 Å². The molecule has 1 N–H and O–H groups in total. The van der Waals surface area contributed by atoms with E-state index in [2.05, 4.69) is 0 Å². The Morgan fingerprint density at radius 1 is 0.886 bits per heavy atom. The van der Waals surface area contributed by atoms with Crippen molar-refractivity contribution in [1.82, 2.24) is 4.31 Å². The van der Waals surface area contributed by atoms with Gasteiger partial charge in [-0.15, -0.1) is 0 Å². The molecule has 0 aromatic heterocycles. The van der Waals surface area contributed by atoms with Gasteiger partial charge in [-0.1, -0.05) is 85.8 Å². The van der Waals surface area contributed by atoms with Gasteiger partial charge in [0.05, 0.1) is 18.6 Å². The van der Waals surface area contributed by atoms with Gasteiger partial charge in [-0.2, -0.15) is 4.31 Å². The van der Waals surface area contributed by atoms with Crippen molar-refractivity contribution in [3.05, 3.63) is 102 Å². The van der Waals surface area contributed by atoms with Gasteiger partial charge in [-0.3, -0.25) is 0 Å². The monoisotopic (exact) mass is 497 g/mol. The Morgan fingerprint density at radius 3 is 1.83 bits per heavy atom. The third-order valence-corrected chi connectivity index (χ3v) is 7.65. The van der Waals surface area contributed by atoms with Crippen LogP contribution in [0.25, 0.3) is 0 Å². The Labute approximate surface area is 207 Å². The highest BCUT2D eigenvalue weighted by Gasteiger charge is 2.47. The Morgan fingerprint density at radius 2 is 1.37 bits per heavy atom. The maximum Gasteiger partial charge on any atom is 0.338 e. The van der Waals surface area contributed by atoms with Crippen LogP contribution in [0.5, 0.6) is 0 Å². The minimum atomic E-state index is -3.75. The third-order valence-electron chi connectivity index (χ3n) is 5.74. The van der Waals surface area contributed by atoms with Crippen molar-refractivity contribution in [2.75, 3.05) is 26.8 Å². The van der Waals surface area contributed by atoms with Gasteiger partial charge in [0.2, 0.25) is 10.0 Å². The summed E-state index contributed by atoms with van der Waals surface area (Å²) in [6.45, 7) is 2.14. The third kappa shape index (κ3) is 5.79. The fourth-order valence-electron chi connectivity index (χ4n) is 4.03. The van der Waals surface area contributed by atoms with E-state index >= 15 is 0 Å². The number of esters is 1. The summed E-state index contributed by atoms with van der Waals surface area (Å²) in [6, 6.07) is 26.0. The van der Waals surface area contributed by atoms with Crippen molar-refractivity contribution in [3.8, 4) is 0 Å². The molecule has 0 saturated heterocycles. The lowest BCUT2D eigenvalue weighted by molar-refractivity contribution is -0.171. The first-order valence-electron chi connectivity index (χ1n) is 11.4. The normalized spacial score (nSPS) is 12.9. The summed E-state index contributed by atoms with van der Waals surface area (Å²) in [6.07, 6.45) is -1.08. The van der Waals surface area contributed by atoms with Crippen molar-refractivity contribution >= 4 is 16.0 Å². The Hall–Kier alpha value is -3.04. The van der Waals surface area contributed by atoms with Crippen LogP contribution in [-0.2, 0) is 29.9 Å². The van der Waals surface area contributed by atoms with Crippen molar-refractivity contribution in [3.63, 3.8) is 0 Å². The summed E-state index contributed by atoms with van der Waals surface area (Å²) in [5, 5.41) is 11.2. The van der Waals surface area contributed by atoms with Gasteiger partial charge in [-0.05, 0) is 29.7 Å². The van der Waals surface area contributed by atoms with Crippen molar-refractivity contribution < 1.29 is 27.8 Å². The molecule has 35 heavy (non-hydrogen) atoms. The van der Waals surface area contributed by atoms with Gasteiger partial charge in [0.1, 0.15) is 0 Å². The van der Waals surface area contributed by atoms with Crippen LogP contribution < -0.4 is 0 Å². The van der Waals surface area contributed by atoms with Crippen molar-refractivity contribution in [2.24, 2.45) is 0 Å². The van der Waals surface area contributed by atoms with Crippen LogP contribution in [0.4, 0.5) is 0 Å². The van der Waals surface area contributed by atoms with Crippen LogP contribution in [0.1, 0.15) is 24.5 Å². The molecule has 7 nitrogen and oxygen atoms in total. The minimum absolute atomic E-state index is 0.0282. The highest BCUT2D eigenvalue weighted by atomic mass is 32.2. The number of benzene rings is 3. The molecule has 3 rings (SSSR count). The number of nitrogens with zero attached hydrogens (tertiary/aromatic N) is 1. The number of carbonyl (C=O) groups is 1. The maximum absolute atomic E-state index is 13.3. The van der Waals surface area contributed by atoms with E-state index in [0.29, 0.717) is 24.1 Å². The molecule has 0 spiro atoms. The van der Waals surface area contributed by atoms with E-state index in [4.69, 9.17) is 9.47 Å². The van der Waals surface area contributed by atoms with Gasteiger partial charge in [0, 0.05) is 13.1 Å². The van der Waals surface area contributed by atoms with E-state index in [9.17, 15) is 18.3 Å². The Kier molecular flexibility index (Phi) is 9.17. The smallest absolute Gasteiger partial charge is 0.338 e. The molecule has 0 aliphatic carbocycles. The second kappa shape index (κ2) is 12.1. The number of carbonyl (C=O) groups excluding carboxylic acids is 1. The highest BCUT2D eigenvalue weighted by molar-refractivity contribution is 7.89. The summed E-state index contributed by atoms with van der Waals surface area (Å²) in [4.78, 5) is 12.8. The van der Waals surface area contributed by atoms with Gasteiger partial charge in [0.15, 0.2) is 11.7 Å². The van der Waals surface area contributed by atoms with Crippen LogP contribution in [0.15, 0.2) is 95.9 Å². The summed E-state index contributed by atoms with van der Waals surface area (Å²) in [5.74, 6) is -0.861. The molecule has 0 amide bonds. The molecule has 8 heteroatoms. The highest BCUT2D eigenvalue weighted by Crippen LogP contribution is 2.38. The van der Waals surface area contributed by atoms with Crippen LogP contribution in [-0.4, -0.2) is 56.7 Å². The molecule has 0 aliphatic heterocycles. The number of aliphatic hydroxyl groups excluding tert-OH is 1. The molecule has 0 fully saturated rings. The molecular weight excluding hydrogens is 466 g/mol. The average Bonchev–Trinajstić information content (AvgIpc) is 2.91. The molecule has 1 unspecified atom stereocenters. The molecule has 186 valence electrons. The lowest BCUT2D eigenvalue weighted by atomic mass is 9.81. The van der Waals surface area contributed by atoms with Gasteiger partial charge in [-0.25, -0.2) is 13.2 Å². The number of aliphatic hydroxyl groups is 1. The Bertz CT molecular complexity index is 1130. The molecule has 0 aliphatic rings. The standard InChI is InChI=1S/C27H31NO6S/c1-3-19-28(35(31,32)24-17-11-6-12-18-24)20-21-34-27(25(29)26(30)33-2,22-13-7-4-8-14-22)23-15-9-5-10-16-23/h4-18,25,29H,3,19-21H2,1-2H3. The van der Waals surface area contributed by atoms with E-state index in [1.54, 1.807) is 78.9 Å². The molecule has 3 aromatic rings. The first-order chi connectivity index (χ1) is 16.9. The fourth-order valence-corrected chi connectivity index (χ4v) is 5.57. The first-order valence-corrected chi connectivity index (χ1v) is 12.9. The average molecular weight is 498 g/mol. The molecule has 0 heterocycles. The van der Waals surface area contributed by atoms with E-state index in [1.807, 2.05) is 19.1 Å². The van der Waals surface area contributed by atoms with Crippen LogP contribution >= 0.6 is 0 Å². The summed E-state index contributed by atoms with van der Waals surface area (Å²) in [7, 11) is -2.56. The predicted molar refractivity (Wildman–Crippen MR) is 133 cm³/mol. The summed E-state index contributed by atoms with van der Waals surface area (Å²) < 4.78 is 39.1. The molecule has 0 saturated carbocycles. The van der Waals surface area contributed by atoms with Crippen LogP contribution in [0, 0.1) is 0 Å². The largest absolute Gasteiger partial charge is 0.467 e. The number of rotatable bonds is 12. The number of hydrogen-bond acceptors (Lipinski definition) is 6. The number of ether oxygens (including phenoxy) is 2. The maximum atomic E-state index is 13.3. The predicted octanol–water partition coefficient (Wildman–Crippen LogP) is 3.58. The summed E-state index contributed by atoms with van der Waals surface area (Å²) in [5.41, 5.74) is -0.529. The zero-order chi connectivity index (χ0) is 25.3. The number of methoxy groups -OCH3 is 1. The van der Waals surface area contributed by atoms with Gasteiger partial charge < -0.3 is 14.6 Å². The Balaban J connectivity index is 1.99. The molecule has 0 bridgehead atoms. The lowest BCUT2D eigenvalue weighted by Crippen LogP contribution is -2.49. The van der Waals surface area contributed by atoms with Crippen LogP contribution in [0.2, 0.25) is 0 Å². The van der Waals surface area contributed by atoms with Gasteiger partial charge in [0.25, 0.3) is 0 Å². The second-order valence-electron chi connectivity index (χ2n) is 7.96. The zero-order valence-corrected chi connectivity index (χ0v) is 20.7. The zero-order valence-electron chi connectivity index (χ0n) is 19.9. The fraction of sp³-hybridized carbons (Fsp3) is 0.296. The lowest BCUT2D eigenvalue weighted by Gasteiger charge is -2.38. The quantitative estimate of drug-likeness (QED) is 0.385. The molecule has 3 aromatic carbocycles. The summed E-state index contributed by atoms with van der Waals surface area (Å²) >= 11 is 0. The SMILES string of the molecule is CCCN(CCOC(c1ccccc1)(c1ccccc1)C(O)C(=O)OC)S(=O)(=O)c1ccccc1. The first kappa shape index (κ1) is 26.6. The number of sulfonamides is 1.